The molecule has 0 saturated carbocycles. The Hall–Kier alpha value is 0.394. The van der Waals surface area contributed by atoms with Gasteiger partial charge >= 0.3 is 0 Å². The van der Waals surface area contributed by atoms with Crippen LogP contribution in [0.15, 0.2) is 0 Å². The van der Waals surface area contributed by atoms with Gasteiger partial charge in [-0.05, 0) is 18.3 Å². The summed E-state index contributed by atoms with van der Waals surface area (Å²) in [5.74, 6) is 0. The predicted molar refractivity (Wildman–Crippen MR) is 57.3 cm³/mol. The monoisotopic (exact) mass is 190 g/mol. The molecule has 0 saturated heterocycles. The average Bonchev–Trinajstić information content (AvgIpc) is 1.84. The summed E-state index contributed by atoms with van der Waals surface area (Å²) >= 11 is 0. The van der Waals surface area contributed by atoms with E-state index in [2.05, 4.69) is 39.7 Å². The normalized spacial score (nSPS) is 16.6. The smallest absolute Gasteiger partial charge is 0.186 e. The van der Waals surface area contributed by atoms with Gasteiger partial charge in [-0.25, -0.2) is 0 Å². The van der Waals surface area contributed by atoms with Gasteiger partial charge in [0.25, 0.3) is 0 Å². The Balaban J connectivity index is 4.35. The number of rotatable bonds is 3. The van der Waals surface area contributed by atoms with Crippen LogP contribution >= 0.6 is 0 Å². The van der Waals surface area contributed by atoms with Crippen molar-refractivity contribution in [1.29, 1.82) is 0 Å². The fourth-order valence-corrected chi connectivity index (χ4v) is 10.3. The van der Waals surface area contributed by atoms with E-state index in [1.807, 2.05) is 7.11 Å². The minimum atomic E-state index is -1.35. The maximum absolute atomic E-state index is 5.60. The van der Waals surface area contributed by atoms with Crippen molar-refractivity contribution >= 4 is 16.4 Å². The summed E-state index contributed by atoms with van der Waals surface area (Å²) in [6.07, 6.45) is 0. The van der Waals surface area contributed by atoms with Crippen LogP contribution in [-0.2, 0) is 4.43 Å². The van der Waals surface area contributed by atoms with Gasteiger partial charge in [0.05, 0.1) is 0 Å². The van der Waals surface area contributed by atoms with Crippen molar-refractivity contribution in [3.05, 3.63) is 0 Å². The molecule has 3 heteroatoms. The quantitative estimate of drug-likeness (QED) is 0.621. The Morgan fingerprint density at radius 2 is 1.36 bits per heavy atom. The van der Waals surface area contributed by atoms with Gasteiger partial charge in [-0.3, -0.25) is 0 Å². The highest BCUT2D eigenvalue weighted by molar-refractivity contribution is 6.94. The van der Waals surface area contributed by atoms with Crippen molar-refractivity contribution in [3.8, 4) is 0 Å². The maximum atomic E-state index is 5.60. The van der Waals surface area contributed by atoms with Gasteiger partial charge in [0.1, 0.15) is 0 Å². The van der Waals surface area contributed by atoms with E-state index in [1.54, 1.807) is 0 Å². The summed E-state index contributed by atoms with van der Waals surface area (Å²) < 4.78 is 5.60. The van der Waals surface area contributed by atoms with Gasteiger partial charge in [-0.2, -0.15) is 0 Å². The van der Waals surface area contributed by atoms with Crippen LogP contribution in [0.3, 0.4) is 0 Å². The molecule has 0 amide bonds. The van der Waals surface area contributed by atoms with E-state index >= 15 is 0 Å². The van der Waals surface area contributed by atoms with Crippen LogP contribution in [0.1, 0.15) is 6.92 Å². The van der Waals surface area contributed by atoms with E-state index in [0.29, 0.717) is 0 Å². The lowest BCUT2D eigenvalue weighted by Gasteiger charge is -2.36. The first-order valence-corrected chi connectivity index (χ1v) is 10.8. The summed E-state index contributed by atoms with van der Waals surface area (Å²) in [5.41, 5.74) is 0. The second-order valence-corrected chi connectivity index (χ2v) is 15.6. The third kappa shape index (κ3) is 3.09. The first kappa shape index (κ1) is 11.4. The molecule has 0 bridgehead atoms. The van der Waals surface area contributed by atoms with Crippen molar-refractivity contribution < 1.29 is 4.43 Å². The zero-order valence-corrected chi connectivity index (χ0v) is 11.0. The average molecular weight is 190 g/mol. The molecule has 0 heterocycles. The summed E-state index contributed by atoms with van der Waals surface area (Å²) in [5, 5.41) is 0.833. The Morgan fingerprint density at radius 1 is 1.00 bits per heavy atom. The van der Waals surface area contributed by atoms with Crippen LogP contribution in [0, 0.1) is 0 Å². The van der Waals surface area contributed by atoms with Crippen molar-refractivity contribution in [2.45, 2.75) is 44.8 Å². The fourth-order valence-electron chi connectivity index (χ4n) is 1.22. The Morgan fingerprint density at radius 3 is 1.45 bits per heavy atom. The van der Waals surface area contributed by atoms with Crippen molar-refractivity contribution in [2.24, 2.45) is 0 Å². The van der Waals surface area contributed by atoms with Crippen LogP contribution in [0.4, 0.5) is 0 Å². The fraction of sp³-hybridized carbons (Fsp3) is 1.00. The molecule has 0 rings (SSSR count). The molecule has 0 aromatic rings. The van der Waals surface area contributed by atoms with Gasteiger partial charge in [-0.15, -0.1) is 0 Å². The molecular weight excluding hydrogens is 168 g/mol. The molecule has 1 unspecified atom stereocenters. The summed E-state index contributed by atoms with van der Waals surface area (Å²) in [7, 11) is -0.471. The second kappa shape index (κ2) is 3.41. The van der Waals surface area contributed by atoms with Crippen LogP contribution in [-0.4, -0.2) is 23.5 Å². The molecular formula is C8H22OSi2. The van der Waals surface area contributed by atoms with E-state index < -0.39 is 16.4 Å². The Kier molecular flexibility index (Phi) is 3.53. The minimum Gasteiger partial charge on any atom is -0.420 e. The maximum Gasteiger partial charge on any atom is 0.186 e. The first-order chi connectivity index (χ1) is 4.72. The highest BCUT2D eigenvalue weighted by Crippen LogP contribution is 2.31. The number of hydrogen-bond acceptors (Lipinski definition) is 1. The van der Waals surface area contributed by atoms with Crippen LogP contribution in [0.2, 0.25) is 37.9 Å². The summed E-state index contributed by atoms with van der Waals surface area (Å²) in [6, 6.07) is 0. The molecule has 11 heavy (non-hydrogen) atoms. The summed E-state index contributed by atoms with van der Waals surface area (Å²) in [6.45, 7) is 14.3. The van der Waals surface area contributed by atoms with Gasteiger partial charge in [0, 0.05) is 15.2 Å². The van der Waals surface area contributed by atoms with Crippen molar-refractivity contribution in [2.75, 3.05) is 7.11 Å². The van der Waals surface area contributed by atoms with Crippen LogP contribution in [0.25, 0.3) is 0 Å². The first-order valence-electron chi connectivity index (χ1n) is 4.27. The van der Waals surface area contributed by atoms with E-state index in [1.165, 1.54) is 0 Å². The standard InChI is InChI=1S/C8H22OSi2/c1-8(10(3,4)5)11(6,7)9-2/h8H,1-7H3. The van der Waals surface area contributed by atoms with E-state index in [4.69, 9.17) is 4.43 Å². The molecule has 0 aliphatic carbocycles. The Labute approximate surface area is 73.3 Å². The molecule has 0 aromatic carbocycles. The molecule has 0 aliphatic heterocycles. The lowest BCUT2D eigenvalue weighted by atomic mass is 10.9. The third-order valence-corrected chi connectivity index (χ3v) is 13.3. The zero-order valence-electron chi connectivity index (χ0n) is 8.99. The second-order valence-electron chi connectivity index (χ2n) is 4.90. The number of hydrogen-bond donors (Lipinski definition) is 0. The molecule has 0 fully saturated rings. The highest BCUT2D eigenvalue weighted by atomic mass is 28.4. The zero-order chi connectivity index (χ0) is 9.28. The predicted octanol–water partition coefficient (Wildman–Crippen LogP) is 3.11. The topological polar surface area (TPSA) is 9.23 Å². The van der Waals surface area contributed by atoms with E-state index in [9.17, 15) is 0 Å². The highest BCUT2D eigenvalue weighted by Gasteiger charge is 2.37. The lowest BCUT2D eigenvalue weighted by Crippen LogP contribution is -2.45. The van der Waals surface area contributed by atoms with E-state index in [0.717, 1.165) is 5.16 Å². The van der Waals surface area contributed by atoms with Crippen LogP contribution in [0.5, 0.6) is 0 Å². The van der Waals surface area contributed by atoms with Gasteiger partial charge in [0.2, 0.25) is 0 Å². The molecule has 0 aliphatic rings. The van der Waals surface area contributed by atoms with Gasteiger partial charge < -0.3 is 4.43 Å². The largest absolute Gasteiger partial charge is 0.420 e. The van der Waals surface area contributed by atoms with Crippen molar-refractivity contribution in [1.82, 2.24) is 0 Å². The molecule has 0 radical (unpaired) electrons. The summed E-state index contributed by atoms with van der Waals surface area (Å²) in [4.78, 5) is 0. The lowest BCUT2D eigenvalue weighted by molar-refractivity contribution is 0.400. The molecule has 1 nitrogen and oxygen atoms in total. The molecule has 0 spiro atoms. The molecule has 68 valence electrons. The molecule has 0 aromatic heterocycles. The van der Waals surface area contributed by atoms with Gasteiger partial charge in [0.15, 0.2) is 8.32 Å². The Bertz CT molecular complexity index is 127. The molecule has 0 N–H and O–H groups in total. The van der Waals surface area contributed by atoms with E-state index in [-0.39, 0.29) is 0 Å². The van der Waals surface area contributed by atoms with Gasteiger partial charge in [-0.1, -0.05) is 26.6 Å². The third-order valence-electron chi connectivity index (χ3n) is 2.87. The SMILES string of the molecule is CO[Si](C)(C)C(C)[Si](C)(C)C. The molecule has 1 atom stereocenters. The van der Waals surface area contributed by atoms with Crippen molar-refractivity contribution in [3.63, 3.8) is 0 Å². The minimum absolute atomic E-state index is 0.833. The van der Waals surface area contributed by atoms with Crippen LogP contribution < -0.4 is 0 Å².